The van der Waals surface area contributed by atoms with Crippen LogP contribution in [-0.4, -0.2) is 55.4 Å². The van der Waals surface area contributed by atoms with Crippen molar-refractivity contribution in [2.75, 3.05) is 6.67 Å². The van der Waals surface area contributed by atoms with Crippen LogP contribution in [0.3, 0.4) is 0 Å². The molecule has 3 N–H and O–H groups in total. The average Bonchev–Trinajstić information content (AvgIpc) is 2.70. The number of rotatable bonds is 2. The lowest BCUT2D eigenvalue weighted by Crippen LogP contribution is -2.46. The Balaban J connectivity index is 2.55. The number of hydrogen-bond donors (Lipinski definition) is 3. The fourth-order valence-corrected chi connectivity index (χ4v) is 2.18. The van der Waals surface area contributed by atoms with E-state index in [1.165, 1.54) is 6.92 Å². The average molecular weight is 317 g/mol. The van der Waals surface area contributed by atoms with Crippen molar-refractivity contribution in [1.29, 1.82) is 0 Å². The Kier molecular flexibility index (Phi) is 4.41. The topological polar surface area (TPSA) is 117 Å². The number of hydrogen-bond acceptors (Lipinski definition) is 6. The van der Waals surface area contributed by atoms with Crippen LogP contribution in [0.5, 0.6) is 0 Å². The van der Waals surface area contributed by atoms with Crippen LogP contribution in [0.2, 0.25) is 0 Å². The minimum absolute atomic E-state index is 0.569. The lowest BCUT2D eigenvalue weighted by Gasteiger charge is -2.23. The third-order valence-corrected chi connectivity index (χ3v) is 3.21. The molecule has 1 unspecified atom stereocenters. The molecule has 1 saturated heterocycles. The first-order chi connectivity index (χ1) is 10.3. The van der Waals surface area contributed by atoms with Gasteiger partial charge in [0.2, 0.25) is 5.67 Å². The van der Waals surface area contributed by atoms with Crippen molar-refractivity contribution < 1.29 is 23.7 Å². The van der Waals surface area contributed by atoms with Gasteiger partial charge in [-0.2, -0.15) is 4.98 Å². The number of ether oxygens (including phenoxy) is 1. The van der Waals surface area contributed by atoms with Gasteiger partial charge in [-0.15, -0.1) is 0 Å². The molecule has 0 saturated carbocycles. The van der Waals surface area contributed by atoms with Gasteiger partial charge in [-0.3, -0.25) is 9.55 Å². The van der Waals surface area contributed by atoms with E-state index >= 15 is 4.39 Å². The van der Waals surface area contributed by atoms with Crippen LogP contribution in [0.1, 0.15) is 13.2 Å². The van der Waals surface area contributed by atoms with Gasteiger partial charge < -0.3 is 14.9 Å². The first-order valence-electron chi connectivity index (χ1n) is 6.25. The maximum Gasteiger partial charge on any atom is 0.350 e. The van der Waals surface area contributed by atoms with Crippen molar-refractivity contribution in [2.45, 2.75) is 37.1 Å². The van der Waals surface area contributed by atoms with E-state index in [0.29, 0.717) is 10.9 Å². The summed E-state index contributed by atoms with van der Waals surface area (Å²) in [4.78, 5) is 27.7. The van der Waals surface area contributed by atoms with Crippen molar-refractivity contribution in [2.24, 2.45) is 0 Å². The molecule has 8 nitrogen and oxygen atoms in total. The Morgan fingerprint density at radius 1 is 1.64 bits per heavy atom. The first kappa shape index (κ1) is 16.3. The van der Waals surface area contributed by atoms with Crippen LogP contribution in [0.25, 0.3) is 0 Å². The summed E-state index contributed by atoms with van der Waals surface area (Å²) in [5.74, 6) is 3.71. The van der Waals surface area contributed by atoms with E-state index in [9.17, 15) is 24.2 Å². The molecule has 0 amide bonds. The molecule has 1 aliphatic rings. The summed E-state index contributed by atoms with van der Waals surface area (Å²) >= 11 is 0. The van der Waals surface area contributed by atoms with Gasteiger partial charge in [0, 0.05) is 0 Å². The zero-order chi connectivity index (χ0) is 16.5. The molecule has 1 aromatic rings. The second-order valence-electron chi connectivity index (χ2n) is 4.73. The van der Waals surface area contributed by atoms with E-state index in [2.05, 4.69) is 4.98 Å². The van der Waals surface area contributed by atoms with Crippen molar-refractivity contribution in [1.82, 2.24) is 14.5 Å². The van der Waals surface area contributed by atoms with Crippen LogP contribution >= 0.6 is 0 Å². The van der Waals surface area contributed by atoms with Gasteiger partial charge in [0.15, 0.2) is 6.23 Å². The zero-order valence-corrected chi connectivity index (χ0v) is 11.4. The highest BCUT2D eigenvalue weighted by Crippen LogP contribution is 2.41. The summed E-state index contributed by atoms with van der Waals surface area (Å²) in [5.41, 5.74) is -4.86. The van der Waals surface area contributed by atoms with Crippen LogP contribution in [0.4, 0.5) is 8.78 Å². The molecule has 2 rings (SSSR count). The molecule has 1 aliphatic heterocycles. The van der Waals surface area contributed by atoms with Crippen molar-refractivity contribution in [3.63, 3.8) is 0 Å². The molecular weight excluding hydrogens is 304 g/mol. The summed E-state index contributed by atoms with van der Waals surface area (Å²) < 4.78 is 33.0. The number of nitrogens with one attached hydrogen (secondary N) is 1. The number of nitrogens with zero attached hydrogens (tertiary/aromatic N) is 2. The molecule has 1 fully saturated rings. The third-order valence-electron chi connectivity index (χ3n) is 3.21. The molecule has 0 aromatic carbocycles. The number of aliphatic hydroxyl groups excluding tert-OH is 2. The van der Waals surface area contributed by atoms with Crippen LogP contribution in [-0.2, 0) is 4.74 Å². The van der Waals surface area contributed by atoms with Crippen molar-refractivity contribution in [3.8, 4) is 11.8 Å². The van der Waals surface area contributed by atoms with E-state index in [1.807, 2.05) is 11.8 Å². The summed E-state index contributed by atoms with van der Waals surface area (Å²) in [5, 5.41) is 19.5. The van der Waals surface area contributed by atoms with E-state index in [4.69, 9.17) is 4.74 Å². The minimum atomic E-state index is -2.86. The molecule has 5 atom stereocenters. The Morgan fingerprint density at radius 3 is 2.86 bits per heavy atom. The van der Waals surface area contributed by atoms with Gasteiger partial charge in [-0.1, -0.05) is 11.8 Å². The molecule has 10 heteroatoms. The van der Waals surface area contributed by atoms with Gasteiger partial charge in [0.1, 0.15) is 25.2 Å². The summed E-state index contributed by atoms with van der Waals surface area (Å²) in [7, 11) is 0. The number of aromatic amines is 1. The van der Waals surface area contributed by atoms with Crippen LogP contribution < -0.4 is 11.4 Å². The van der Waals surface area contributed by atoms with Gasteiger partial charge in [-0.25, -0.2) is 18.4 Å². The Labute approximate surface area is 122 Å². The lowest BCUT2D eigenvalue weighted by molar-refractivity contribution is -0.0807. The number of alkyl halides is 2. The number of H-pyrrole nitrogens is 1. The molecule has 0 spiro atoms. The predicted molar refractivity (Wildman–Crippen MR) is 68.3 cm³/mol. The van der Waals surface area contributed by atoms with Gasteiger partial charge in [0.05, 0.1) is 6.10 Å². The molecule has 0 bridgehead atoms. The van der Waals surface area contributed by atoms with E-state index in [0.717, 1.165) is 0 Å². The molecule has 1 aromatic heterocycles. The summed E-state index contributed by atoms with van der Waals surface area (Å²) in [6, 6.07) is 0. The van der Waals surface area contributed by atoms with E-state index < -0.39 is 48.3 Å². The minimum Gasteiger partial charge on any atom is -0.391 e. The van der Waals surface area contributed by atoms with Gasteiger partial charge >= 0.3 is 11.4 Å². The Bertz CT molecular complexity index is 722. The zero-order valence-electron chi connectivity index (χ0n) is 11.4. The van der Waals surface area contributed by atoms with Crippen LogP contribution in [0, 0.1) is 11.8 Å². The normalized spacial score (nSPS) is 32.3. The lowest BCUT2D eigenvalue weighted by atomic mass is 9.94. The number of aromatic nitrogens is 3. The van der Waals surface area contributed by atoms with Gasteiger partial charge in [0.25, 0.3) is 0 Å². The van der Waals surface area contributed by atoms with Crippen molar-refractivity contribution >= 4 is 0 Å². The summed E-state index contributed by atoms with van der Waals surface area (Å²) in [6.07, 6.45) is -5.71. The maximum absolute atomic E-state index is 15.0. The number of halogens is 2. The first-order valence-corrected chi connectivity index (χ1v) is 6.25. The second kappa shape index (κ2) is 5.96. The van der Waals surface area contributed by atoms with E-state index in [1.54, 1.807) is 4.98 Å². The second-order valence-corrected chi connectivity index (χ2v) is 4.73. The largest absolute Gasteiger partial charge is 0.391 e. The third kappa shape index (κ3) is 2.66. The monoisotopic (exact) mass is 317 g/mol. The molecular formula is C12H13F2N3O5. The standard InChI is InChI=1S/C12H13F2N3O5/c1-6(18)7-8(19)12(14,3-2-4-13)9(22-7)17-5-15-10(20)16-11(17)21/h5-9,18-19H,4H2,1H3,(H,16,20,21)/t6-,7+,8-,9+,12?/m0/s1. The molecule has 0 aliphatic carbocycles. The quantitative estimate of drug-likeness (QED) is 0.557. The Hall–Kier alpha value is -2.09. The fraction of sp³-hybridized carbons (Fsp3) is 0.583. The predicted octanol–water partition coefficient (Wildman–Crippen LogP) is -1.75. The van der Waals surface area contributed by atoms with Gasteiger partial charge in [-0.05, 0) is 6.92 Å². The van der Waals surface area contributed by atoms with Crippen LogP contribution in [0.15, 0.2) is 15.9 Å². The number of aliphatic hydroxyl groups is 2. The highest BCUT2D eigenvalue weighted by molar-refractivity contribution is 5.23. The smallest absolute Gasteiger partial charge is 0.350 e. The van der Waals surface area contributed by atoms with Crippen molar-refractivity contribution in [3.05, 3.63) is 27.3 Å². The Morgan fingerprint density at radius 2 is 2.32 bits per heavy atom. The molecule has 22 heavy (non-hydrogen) atoms. The molecule has 2 heterocycles. The van der Waals surface area contributed by atoms with E-state index in [-0.39, 0.29) is 0 Å². The summed E-state index contributed by atoms with van der Waals surface area (Å²) in [6.45, 7) is 0.0659. The SMILES string of the molecule is C[C@H](O)[C@H]1O[C@@H](n2cnc(=O)[nH]c2=O)C(F)(C#CCF)[C@H]1O. The molecule has 0 radical (unpaired) electrons. The molecule has 120 valence electrons. The highest BCUT2D eigenvalue weighted by Gasteiger charge is 2.59. The highest BCUT2D eigenvalue weighted by atomic mass is 19.1. The fourth-order valence-electron chi connectivity index (χ4n) is 2.18. The maximum atomic E-state index is 15.0.